The van der Waals surface area contributed by atoms with Crippen molar-refractivity contribution < 1.29 is 80.5 Å². The first-order chi connectivity index (χ1) is 30.0. The second kappa shape index (κ2) is 26.5. The Morgan fingerprint density at radius 1 is 0.953 bits per heavy atom. The average Bonchev–Trinajstić information content (AvgIpc) is 3.78. The van der Waals surface area contributed by atoms with Crippen LogP contribution < -0.4 is 16.4 Å². The van der Waals surface area contributed by atoms with Crippen LogP contribution in [0.2, 0.25) is 0 Å². The number of phosphoric ester groups is 3. The zero-order valence-corrected chi connectivity index (χ0v) is 40.9. The number of rotatable bonds is 31. The molecule has 0 spiro atoms. The van der Waals surface area contributed by atoms with E-state index in [9.17, 15) is 57.9 Å². The highest BCUT2D eigenvalue weighted by Gasteiger charge is 2.50. The molecule has 1 saturated heterocycles. The van der Waals surface area contributed by atoms with Gasteiger partial charge in [0.2, 0.25) is 16.9 Å². The van der Waals surface area contributed by atoms with Crippen LogP contribution in [0.5, 0.6) is 0 Å². The first kappa shape index (κ1) is 56.4. The molecule has 64 heavy (non-hydrogen) atoms. The molecule has 1 aliphatic rings. The first-order valence-corrected chi connectivity index (χ1v) is 27.1. The fourth-order valence-electron chi connectivity index (χ4n) is 6.30. The fraction of sp³-hybridized carbons (Fsp3) is 0.771. The zero-order chi connectivity index (χ0) is 47.7. The Bertz CT molecular complexity index is 1970. The number of nitrogen functional groups attached to an aromatic ring is 1. The van der Waals surface area contributed by atoms with Crippen molar-refractivity contribution in [1.82, 2.24) is 30.2 Å². The van der Waals surface area contributed by atoms with Crippen LogP contribution in [0, 0.1) is 5.41 Å². The van der Waals surface area contributed by atoms with Gasteiger partial charge in [0.15, 0.2) is 17.7 Å². The van der Waals surface area contributed by atoms with E-state index < -0.39 is 84.6 Å². The number of nitrogens with two attached hydrogens (primary N) is 1. The maximum atomic E-state index is 12.7. The summed E-state index contributed by atoms with van der Waals surface area (Å²) in [6, 6.07) is 0. The smallest absolute Gasteiger partial charge is 0.386 e. The van der Waals surface area contributed by atoms with Crippen LogP contribution in [0.25, 0.3) is 11.2 Å². The number of anilines is 1. The number of imidazole rings is 1. The van der Waals surface area contributed by atoms with Gasteiger partial charge in [0.1, 0.15) is 36.3 Å². The first-order valence-electron chi connectivity index (χ1n) is 20.7. The average molecular weight is 1060 g/mol. The molecular formula is C35H61BrN7O17P3S. The number of hydrogen-bond donors (Lipinski definition) is 9. The van der Waals surface area contributed by atoms with Crippen molar-refractivity contribution in [3.05, 3.63) is 12.7 Å². The van der Waals surface area contributed by atoms with Crippen LogP contribution in [0.4, 0.5) is 5.82 Å². The van der Waals surface area contributed by atoms with Gasteiger partial charge in [-0.05, 0) is 6.42 Å². The second-order valence-electron chi connectivity index (χ2n) is 15.7. The van der Waals surface area contributed by atoms with E-state index in [0.717, 1.165) is 54.7 Å². The molecule has 366 valence electrons. The monoisotopic (exact) mass is 1060 g/mol. The number of unbranched alkanes of at least 4 members (excludes halogenated alkanes) is 9. The molecule has 0 bridgehead atoms. The largest absolute Gasteiger partial charge is 0.481 e. The standard InChI is InChI=1S/C35H61BrN7O17P3S/c1-4-5-6-7-8-9-10-11-12-13-14-23(36)34(48)64-18-17-38-25(44)15-16-39-32(47)29(46)35(2,3)20-57-63(54,55)60-62(52,53)56-19-24-28(59-61(49,50)51)27(45)33(58-24)43-22-42-26-30(37)40-21-41-31(26)43/h21-24,27-29,33,45-46H,4-20H2,1-3H3,(H,38,44)(H,39,47)(H,52,53)(H,54,55)(H2,37,40,41)(H2,49,50,51)/t23?,24-,27-,28-,29?,33-/m1/s1. The maximum Gasteiger partial charge on any atom is 0.481 e. The molecular weight excluding hydrogens is 995 g/mol. The summed E-state index contributed by atoms with van der Waals surface area (Å²) in [5.74, 6) is -1.08. The quantitative estimate of drug-likeness (QED) is 0.0295. The number of alkyl halides is 1. The number of aliphatic hydroxyl groups is 2. The van der Waals surface area contributed by atoms with Crippen LogP contribution in [-0.4, -0.2) is 128 Å². The van der Waals surface area contributed by atoms with Crippen molar-refractivity contribution in [3.63, 3.8) is 0 Å². The number of phosphoric acid groups is 3. The molecule has 1 fully saturated rings. The number of carbonyl (C=O) groups excluding carboxylic acids is 3. The number of carbonyl (C=O) groups is 3. The minimum atomic E-state index is -5.58. The van der Waals surface area contributed by atoms with E-state index in [1.165, 1.54) is 58.8 Å². The molecule has 4 unspecified atom stereocenters. The minimum Gasteiger partial charge on any atom is -0.386 e. The Morgan fingerprint density at radius 2 is 1.58 bits per heavy atom. The van der Waals surface area contributed by atoms with E-state index in [1.807, 2.05) is 0 Å². The van der Waals surface area contributed by atoms with Crippen molar-refractivity contribution in [3.8, 4) is 0 Å². The Morgan fingerprint density at radius 3 is 2.22 bits per heavy atom. The van der Waals surface area contributed by atoms with E-state index >= 15 is 0 Å². The van der Waals surface area contributed by atoms with Gasteiger partial charge in [0.25, 0.3) is 0 Å². The van der Waals surface area contributed by atoms with Crippen molar-refractivity contribution >= 4 is 85.1 Å². The lowest BCUT2D eigenvalue weighted by atomic mass is 9.87. The summed E-state index contributed by atoms with van der Waals surface area (Å²) in [4.78, 5) is 88.3. The van der Waals surface area contributed by atoms with Crippen LogP contribution >= 0.6 is 51.2 Å². The summed E-state index contributed by atoms with van der Waals surface area (Å²) < 4.78 is 62.4. The van der Waals surface area contributed by atoms with Gasteiger partial charge in [0, 0.05) is 30.7 Å². The number of nitrogens with zero attached hydrogens (tertiary/aromatic N) is 4. The van der Waals surface area contributed by atoms with Gasteiger partial charge in [0.05, 0.1) is 24.4 Å². The van der Waals surface area contributed by atoms with Crippen LogP contribution in [0.1, 0.15) is 104 Å². The molecule has 3 rings (SSSR count). The lowest BCUT2D eigenvalue weighted by Crippen LogP contribution is -2.46. The van der Waals surface area contributed by atoms with E-state index in [4.69, 9.17) is 19.5 Å². The number of fused-ring (bicyclic) bond motifs is 1. The van der Waals surface area contributed by atoms with Crippen LogP contribution in [-0.2, 0) is 50.7 Å². The second-order valence-corrected chi connectivity index (χ2v) is 22.1. The van der Waals surface area contributed by atoms with Crippen molar-refractivity contribution in [2.45, 2.75) is 133 Å². The van der Waals surface area contributed by atoms with E-state index in [1.54, 1.807) is 0 Å². The lowest BCUT2D eigenvalue weighted by Gasteiger charge is -2.30. The van der Waals surface area contributed by atoms with Crippen molar-refractivity contribution in [1.29, 1.82) is 0 Å². The summed E-state index contributed by atoms with van der Waals surface area (Å²) in [7, 11) is -16.4. The Labute approximate surface area is 383 Å². The molecule has 2 amide bonds. The number of hydrogen-bond acceptors (Lipinski definition) is 18. The highest BCUT2D eigenvalue weighted by Crippen LogP contribution is 2.61. The molecule has 0 aliphatic carbocycles. The normalized spacial score (nSPS) is 21.0. The molecule has 2 aromatic rings. The summed E-state index contributed by atoms with van der Waals surface area (Å²) in [6.45, 7) is 2.73. The number of amides is 2. The third kappa shape index (κ3) is 19.3. The van der Waals surface area contributed by atoms with Gasteiger partial charge in [-0.25, -0.2) is 28.6 Å². The van der Waals surface area contributed by atoms with Crippen molar-refractivity contribution in [2.75, 3.05) is 37.8 Å². The number of aromatic nitrogens is 4. The summed E-state index contributed by atoms with van der Waals surface area (Å²) in [5, 5.41) is 26.6. The van der Waals surface area contributed by atoms with Gasteiger partial charge < -0.3 is 50.9 Å². The number of thioether (sulfide) groups is 1. The number of aliphatic hydroxyl groups excluding tert-OH is 2. The van der Waals surface area contributed by atoms with E-state index in [0.29, 0.717) is 5.75 Å². The van der Waals surface area contributed by atoms with E-state index in [2.05, 4.69) is 57.3 Å². The van der Waals surface area contributed by atoms with Gasteiger partial charge >= 0.3 is 23.5 Å². The van der Waals surface area contributed by atoms with Crippen molar-refractivity contribution in [2.24, 2.45) is 5.41 Å². The fourth-order valence-corrected chi connectivity index (χ4v) is 10.6. The highest BCUT2D eigenvalue weighted by atomic mass is 79.9. The lowest BCUT2D eigenvalue weighted by molar-refractivity contribution is -0.137. The maximum absolute atomic E-state index is 12.7. The van der Waals surface area contributed by atoms with Crippen LogP contribution in [0.15, 0.2) is 12.7 Å². The topological polar surface area (TPSA) is 364 Å². The molecule has 3 heterocycles. The molecule has 2 aromatic heterocycles. The zero-order valence-electron chi connectivity index (χ0n) is 35.8. The summed E-state index contributed by atoms with van der Waals surface area (Å²) in [6.07, 6.45) is 5.93. The molecule has 8 atom stereocenters. The third-order valence-corrected chi connectivity index (χ3v) is 15.1. The predicted octanol–water partition coefficient (Wildman–Crippen LogP) is 3.74. The predicted molar refractivity (Wildman–Crippen MR) is 236 cm³/mol. The number of nitrogens with one attached hydrogen (secondary N) is 2. The highest BCUT2D eigenvalue weighted by molar-refractivity contribution is 9.10. The Balaban J connectivity index is 1.36. The Kier molecular flexibility index (Phi) is 23.4. The van der Waals surface area contributed by atoms with Gasteiger partial charge in [-0.2, -0.15) is 4.31 Å². The van der Waals surface area contributed by atoms with Gasteiger partial charge in [-0.1, -0.05) is 113 Å². The van der Waals surface area contributed by atoms with E-state index in [-0.39, 0.29) is 46.4 Å². The molecule has 29 heteroatoms. The SMILES string of the molecule is CCCCCCCCCCCCC(Br)C(=O)SCCNC(=O)CCNC(=O)C(O)C(C)(C)COP(=O)(O)OP(=O)(O)OC[C@H]1O[C@@H](n2cnc3c(N)ncnc32)[C@H](O)[C@@H]1OP(=O)(O)O. The molecule has 0 aromatic carbocycles. The van der Waals surface area contributed by atoms with Gasteiger partial charge in [-0.15, -0.1) is 0 Å². The molecule has 24 nitrogen and oxygen atoms in total. The number of ether oxygens (including phenoxy) is 1. The third-order valence-electron chi connectivity index (χ3n) is 9.81. The minimum absolute atomic E-state index is 0.0119. The van der Waals surface area contributed by atoms with Gasteiger partial charge in [-0.3, -0.25) is 32.5 Å². The molecule has 0 radical (unpaired) electrons. The summed E-state index contributed by atoms with van der Waals surface area (Å²) >= 11 is 4.57. The molecule has 1 aliphatic heterocycles. The summed E-state index contributed by atoms with van der Waals surface area (Å²) in [5.41, 5.74) is 4.28. The van der Waals surface area contributed by atoms with Crippen LogP contribution in [0.3, 0.4) is 0 Å². The Hall–Kier alpha value is -1.96. The number of halogens is 1. The molecule has 0 saturated carbocycles. The molecule has 10 N–H and O–H groups in total.